The molecule has 1 aliphatic carbocycles. The van der Waals surface area contributed by atoms with Crippen molar-refractivity contribution < 1.29 is 27.6 Å². The molecule has 0 spiro atoms. The van der Waals surface area contributed by atoms with Gasteiger partial charge in [-0.05, 0) is 61.5 Å². The Labute approximate surface area is 263 Å². The van der Waals surface area contributed by atoms with Gasteiger partial charge in [-0.25, -0.2) is 18.1 Å². The van der Waals surface area contributed by atoms with Gasteiger partial charge in [-0.3, -0.25) is 19.2 Å². The number of likely N-dealkylation sites (tertiary alicyclic amines) is 1. The fraction of sp³-hybridized carbons (Fsp3) is 0.645. The monoisotopic (exact) mass is 645 g/mol. The first-order valence-electron chi connectivity index (χ1n) is 15.2. The predicted molar refractivity (Wildman–Crippen MR) is 168 cm³/mol. The largest absolute Gasteiger partial charge is 0.356 e. The highest BCUT2D eigenvalue weighted by Gasteiger charge is 2.70. The number of ketones is 1. The van der Waals surface area contributed by atoms with Crippen molar-refractivity contribution in [2.24, 2.45) is 28.6 Å². The number of hydrogen-bond donors (Lipinski definition) is 3. The fourth-order valence-electron chi connectivity index (χ4n) is 6.65. The summed E-state index contributed by atoms with van der Waals surface area (Å²) in [7, 11) is -3.80. The number of thiazole rings is 1. The molecule has 0 bridgehead atoms. The van der Waals surface area contributed by atoms with Crippen molar-refractivity contribution in [3.63, 3.8) is 0 Å². The zero-order valence-corrected chi connectivity index (χ0v) is 28.0. The molecular formula is C31H43N5O6S2. The number of carbonyl (C=O) groups excluding carboxylic acids is 4. The molecule has 6 atom stereocenters. The number of piperidine rings is 1. The number of para-hydroxylation sites is 1. The molecule has 44 heavy (non-hydrogen) atoms. The molecule has 1 aromatic heterocycles. The zero-order chi connectivity index (χ0) is 32.4. The van der Waals surface area contributed by atoms with Gasteiger partial charge in [0.2, 0.25) is 33.5 Å². The minimum absolute atomic E-state index is 0.0588. The van der Waals surface area contributed by atoms with E-state index < -0.39 is 56.5 Å². The number of rotatable bonds is 10. The third-order valence-electron chi connectivity index (χ3n) is 9.60. The van der Waals surface area contributed by atoms with Crippen LogP contribution in [-0.2, 0) is 24.4 Å². The van der Waals surface area contributed by atoms with E-state index in [1.807, 2.05) is 24.3 Å². The van der Waals surface area contributed by atoms with E-state index in [1.165, 1.54) is 16.2 Å². The molecule has 11 nitrogen and oxygen atoms in total. The average molecular weight is 646 g/mol. The first kappa shape index (κ1) is 32.5. The maximum Gasteiger partial charge on any atom is 0.243 e. The lowest BCUT2D eigenvalue weighted by Gasteiger charge is -2.38. The van der Waals surface area contributed by atoms with Gasteiger partial charge < -0.3 is 15.5 Å². The number of Topliss-reactive ketones (excluding diaryl/α,β-unsaturated/α-hetero) is 1. The summed E-state index contributed by atoms with van der Waals surface area (Å²) in [6.45, 7) is 13.4. The van der Waals surface area contributed by atoms with Gasteiger partial charge in [-0.1, -0.05) is 46.8 Å². The molecule has 240 valence electrons. The van der Waals surface area contributed by atoms with Gasteiger partial charge in [-0.15, -0.1) is 11.3 Å². The standard InChI is InChI=1S/C31H43N5O6S2/c1-16(2)44(41,42)35-25(30(3,4)5)29(40)36-15-18-22(31(18,6)7)23(36)27(39)33-20(14-17-12-13-32-26(17)38)24(37)28-34-19-10-8-9-11-21(19)43-28/h8-11,16-18,20,22-23,25,35H,12-15H2,1-7H3,(H,32,38)(H,33,39)/t17-,18-,20-,22-,23-,25+/m0/s1. The molecule has 0 unspecified atom stereocenters. The molecule has 3 amide bonds. The summed E-state index contributed by atoms with van der Waals surface area (Å²) in [6, 6.07) is 4.39. The molecule has 2 aliphatic heterocycles. The lowest BCUT2D eigenvalue weighted by atomic mass is 9.86. The highest BCUT2D eigenvalue weighted by atomic mass is 32.2. The smallest absolute Gasteiger partial charge is 0.243 e. The zero-order valence-electron chi connectivity index (χ0n) is 26.3. The quantitative estimate of drug-likeness (QED) is 0.336. The molecule has 1 saturated carbocycles. The van der Waals surface area contributed by atoms with Crippen molar-refractivity contribution in [1.29, 1.82) is 0 Å². The van der Waals surface area contributed by atoms with Crippen molar-refractivity contribution in [3.8, 4) is 0 Å². The first-order valence-corrected chi connectivity index (χ1v) is 17.6. The van der Waals surface area contributed by atoms with Crippen molar-refractivity contribution >= 4 is 55.1 Å². The number of sulfonamides is 1. The van der Waals surface area contributed by atoms with E-state index in [9.17, 15) is 27.6 Å². The van der Waals surface area contributed by atoms with E-state index >= 15 is 0 Å². The molecular weight excluding hydrogens is 603 g/mol. The number of carbonyl (C=O) groups is 4. The number of nitrogens with zero attached hydrogens (tertiary/aromatic N) is 2. The first-order chi connectivity index (χ1) is 20.4. The molecule has 3 N–H and O–H groups in total. The number of nitrogens with one attached hydrogen (secondary N) is 3. The third-order valence-corrected chi connectivity index (χ3v) is 12.5. The van der Waals surface area contributed by atoms with Gasteiger partial charge in [0.05, 0.1) is 21.5 Å². The van der Waals surface area contributed by atoms with Crippen LogP contribution in [0.4, 0.5) is 0 Å². The summed E-state index contributed by atoms with van der Waals surface area (Å²) in [5.74, 6) is -2.01. The normalized spacial score (nSPS) is 25.9. The van der Waals surface area contributed by atoms with Crippen LogP contribution in [0.1, 0.15) is 71.1 Å². The average Bonchev–Trinajstić information content (AvgIpc) is 3.45. The van der Waals surface area contributed by atoms with Gasteiger partial charge >= 0.3 is 0 Å². The van der Waals surface area contributed by atoms with Gasteiger partial charge in [0.15, 0.2) is 5.01 Å². The maximum atomic E-state index is 14.2. The Morgan fingerprint density at radius 2 is 1.86 bits per heavy atom. The Kier molecular flexibility index (Phi) is 8.47. The Morgan fingerprint density at radius 3 is 2.45 bits per heavy atom. The molecule has 1 aromatic carbocycles. The van der Waals surface area contributed by atoms with Gasteiger partial charge in [0.25, 0.3) is 0 Å². The highest BCUT2D eigenvalue weighted by molar-refractivity contribution is 7.90. The summed E-state index contributed by atoms with van der Waals surface area (Å²) >= 11 is 1.24. The molecule has 5 rings (SSSR count). The van der Waals surface area contributed by atoms with Crippen molar-refractivity contribution in [2.75, 3.05) is 13.1 Å². The maximum absolute atomic E-state index is 14.2. The number of fused-ring (bicyclic) bond motifs is 2. The van der Waals surface area contributed by atoms with Crippen molar-refractivity contribution in [2.45, 2.75) is 84.7 Å². The fourth-order valence-corrected chi connectivity index (χ4v) is 8.66. The number of hydrogen-bond acceptors (Lipinski definition) is 8. The Morgan fingerprint density at radius 1 is 1.18 bits per heavy atom. The predicted octanol–water partition coefficient (Wildman–Crippen LogP) is 2.72. The van der Waals surface area contributed by atoms with E-state index in [4.69, 9.17) is 0 Å². The Hall–Kier alpha value is -2.90. The van der Waals surface area contributed by atoms with Gasteiger partial charge in [-0.2, -0.15) is 0 Å². The second-order valence-corrected chi connectivity index (χ2v) is 17.6. The van der Waals surface area contributed by atoms with Crippen LogP contribution < -0.4 is 15.4 Å². The van der Waals surface area contributed by atoms with Crippen LogP contribution in [0.2, 0.25) is 0 Å². The lowest BCUT2D eigenvalue weighted by Crippen LogP contribution is -2.60. The van der Waals surface area contributed by atoms with Gasteiger partial charge in [0.1, 0.15) is 12.1 Å². The van der Waals surface area contributed by atoms with Crippen LogP contribution in [0.15, 0.2) is 24.3 Å². The minimum Gasteiger partial charge on any atom is -0.356 e. The van der Waals surface area contributed by atoms with E-state index in [-0.39, 0.29) is 40.4 Å². The van der Waals surface area contributed by atoms with Gasteiger partial charge in [0, 0.05) is 19.0 Å². The summed E-state index contributed by atoms with van der Waals surface area (Å²) in [5, 5.41) is 5.24. The second kappa shape index (κ2) is 11.5. The Balaban J connectivity index is 1.44. The van der Waals surface area contributed by atoms with Crippen LogP contribution in [0.25, 0.3) is 10.2 Å². The molecule has 13 heteroatoms. The van der Waals surface area contributed by atoms with E-state index in [2.05, 4.69) is 34.2 Å². The van der Waals surface area contributed by atoms with E-state index in [0.29, 0.717) is 25.0 Å². The number of aromatic nitrogens is 1. The van der Waals surface area contributed by atoms with E-state index in [1.54, 1.807) is 34.6 Å². The summed E-state index contributed by atoms with van der Waals surface area (Å²) in [5.41, 5.74) is -0.300. The second-order valence-electron chi connectivity index (χ2n) is 14.3. The molecule has 2 saturated heterocycles. The number of amides is 3. The highest BCUT2D eigenvalue weighted by Crippen LogP contribution is 2.65. The summed E-state index contributed by atoms with van der Waals surface area (Å²) < 4.78 is 29.2. The SMILES string of the molecule is CC(C)S(=O)(=O)N[C@H](C(=O)N1C[C@H]2[C@@H]([C@H]1C(=O)N[C@@H](C[C@@H]1CCNC1=O)C(=O)c1nc3ccccc3s1)C2(C)C)C(C)(C)C. The third kappa shape index (κ3) is 6.02. The molecule has 3 aliphatic rings. The molecule has 2 aromatic rings. The van der Waals surface area contributed by atoms with Crippen molar-refractivity contribution in [1.82, 2.24) is 25.2 Å². The molecule has 0 radical (unpaired) electrons. The molecule has 3 heterocycles. The minimum atomic E-state index is -3.80. The van der Waals surface area contributed by atoms with E-state index in [0.717, 1.165) is 4.70 Å². The van der Waals surface area contributed by atoms with Crippen molar-refractivity contribution in [3.05, 3.63) is 29.3 Å². The Bertz CT molecular complexity index is 1560. The van der Waals surface area contributed by atoms with Crippen LogP contribution in [0, 0.1) is 28.6 Å². The number of benzene rings is 1. The molecule has 3 fully saturated rings. The van der Waals surface area contributed by atoms with Crippen LogP contribution in [-0.4, -0.2) is 78.3 Å². The summed E-state index contributed by atoms with van der Waals surface area (Å²) in [4.78, 5) is 60.8. The van der Waals surface area contributed by atoms with Crippen LogP contribution in [0.5, 0.6) is 0 Å². The van der Waals surface area contributed by atoms with Crippen LogP contribution >= 0.6 is 11.3 Å². The lowest BCUT2D eigenvalue weighted by molar-refractivity contribution is -0.143. The van der Waals surface area contributed by atoms with Crippen LogP contribution in [0.3, 0.4) is 0 Å². The summed E-state index contributed by atoms with van der Waals surface area (Å²) in [6.07, 6.45) is 0.663. The topological polar surface area (TPSA) is 155 Å².